The minimum Gasteiger partial charge on any atom is -0.454 e. The van der Waals surface area contributed by atoms with Crippen LogP contribution in [0.5, 0.6) is 0 Å². The van der Waals surface area contributed by atoms with Gasteiger partial charge in [-0.25, -0.2) is 4.99 Å². The van der Waals surface area contributed by atoms with Crippen LogP contribution < -0.4 is 0 Å². The number of ether oxygens (including phenoxy) is 2. The smallest absolute Gasteiger partial charge is 0.283 e. The second kappa shape index (κ2) is 8.08. The van der Waals surface area contributed by atoms with Gasteiger partial charge in [0.2, 0.25) is 5.60 Å². The monoisotopic (exact) mass is 447 g/mol. The summed E-state index contributed by atoms with van der Waals surface area (Å²) < 4.78 is 12.0. The molecule has 2 amide bonds. The summed E-state index contributed by atoms with van der Waals surface area (Å²) in [6.45, 7) is 9.82. The number of aliphatic imine (C=N–C) groups is 1. The van der Waals surface area contributed by atoms with E-state index in [1.807, 2.05) is 63.2 Å². The fourth-order valence-electron chi connectivity index (χ4n) is 4.67. The van der Waals surface area contributed by atoms with E-state index in [1.165, 1.54) is 4.90 Å². The summed E-state index contributed by atoms with van der Waals surface area (Å²) in [5.41, 5.74) is 0.557. The summed E-state index contributed by atoms with van der Waals surface area (Å²) >= 11 is 0. The van der Waals surface area contributed by atoms with Gasteiger partial charge in [-0.1, -0.05) is 57.2 Å². The number of carbonyl (C=O) groups is 2. The van der Waals surface area contributed by atoms with E-state index in [0.717, 1.165) is 13.1 Å². The van der Waals surface area contributed by atoms with Gasteiger partial charge < -0.3 is 9.47 Å². The van der Waals surface area contributed by atoms with Crippen LogP contribution in [0.3, 0.4) is 0 Å². The summed E-state index contributed by atoms with van der Waals surface area (Å²) in [5, 5.41) is 0. The molecule has 0 bridgehead atoms. The van der Waals surface area contributed by atoms with Gasteiger partial charge in [0, 0.05) is 48.3 Å². The summed E-state index contributed by atoms with van der Waals surface area (Å²) in [5.74, 6) is -0.161. The summed E-state index contributed by atoms with van der Waals surface area (Å²) in [7, 11) is 0. The van der Waals surface area contributed by atoms with Gasteiger partial charge in [0.05, 0.1) is 18.9 Å². The van der Waals surface area contributed by atoms with Gasteiger partial charge in [-0.05, 0) is 12.1 Å². The lowest BCUT2D eigenvalue weighted by atomic mass is 9.77. The summed E-state index contributed by atoms with van der Waals surface area (Å²) in [6, 6.07) is 14.8. The van der Waals surface area contributed by atoms with Crippen LogP contribution in [-0.2, 0) is 19.9 Å². The van der Waals surface area contributed by atoms with Gasteiger partial charge in [-0.2, -0.15) is 0 Å². The van der Waals surface area contributed by atoms with Crippen molar-refractivity contribution in [2.45, 2.75) is 26.4 Å². The van der Waals surface area contributed by atoms with Crippen LogP contribution >= 0.6 is 0 Å². The minimum atomic E-state index is -1.45. The first-order valence-electron chi connectivity index (χ1n) is 11.5. The maximum absolute atomic E-state index is 14.3. The van der Waals surface area contributed by atoms with Crippen molar-refractivity contribution in [2.75, 3.05) is 39.4 Å². The highest BCUT2D eigenvalue weighted by Crippen LogP contribution is 2.49. The molecule has 0 N–H and O–H groups in total. The SMILES string of the molecule is CC(C)(C)C1=Nc2ccccc2C2(O1)C(=O)N(CCN1CCOCC1)C(=O)c1ccccc12. The molecular formula is C26H29N3O4. The zero-order valence-corrected chi connectivity index (χ0v) is 19.3. The van der Waals surface area contributed by atoms with E-state index >= 15 is 0 Å². The third kappa shape index (κ3) is 3.56. The van der Waals surface area contributed by atoms with Crippen LogP contribution in [0.4, 0.5) is 5.69 Å². The molecule has 2 aromatic rings. The number of fused-ring (bicyclic) bond motifs is 4. The molecule has 2 aromatic carbocycles. The van der Waals surface area contributed by atoms with Crippen molar-refractivity contribution >= 4 is 23.4 Å². The number of para-hydroxylation sites is 1. The Morgan fingerprint density at radius 1 is 0.939 bits per heavy atom. The third-order valence-corrected chi connectivity index (χ3v) is 6.47. The second-order valence-corrected chi connectivity index (χ2v) is 9.73. The Morgan fingerprint density at radius 2 is 1.61 bits per heavy atom. The third-order valence-electron chi connectivity index (χ3n) is 6.47. The maximum atomic E-state index is 14.3. The van der Waals surface area contributed by atoms with Crippen LogP contribution in [0.15, 0.2) is 53.5 Å². The van der Waals surface area contributed by atoms with Crippen molar-refractivity contribution in [3.05, 3.63) is 65.2 Å². The largest absolute Gasteiger partial charge is 0.454 e. The Labute approximate surface area is 194 Å². The maximum Gasteiger partial charge on any atom is 0.283 e. The van der Waals surface area contributed by atoms with E-state index < -0.39 is 11.0 Å². The molecule has 1 fully saturated rings. The van der Waals surface area contributed by atoms with Gasteiger partial charge in [0.1, 0.15) is 0 Å². The Kier molecular flexibility index (Phi) is 5.34. The molecule has 7 heteroatoms. The average Bonchev–Trinajstić information content (AvgIpc) is 2.82. The quantitative estimate of drug-likeness (QED) is 0.675. The van der Waals surface area contributed by atoms with Crippen molar-refractivity contribution < 1.29 is 19.1 Å². The summed E-state index contributed by atoms with van der Waals surface area (Å²) in [6.07, 6.45) is 0. The van der Waals surface area contributed by atoms with Crippen LogP contribution in [0.1, 0.15) is 42.3 Å². The lowest BCUT2D eigenvalue weighted by Gasteiger charge is -2.45. The van der Waals surface area contributed by atoms with Crippen molar-refractivity contribution in [3.63, 3.8) is 0 Å². The standard InChI is InChI=1S/C26H29N3O4/c1-25(2,3)23-27-21-11-7-6-10-20(21)26(33-23)19-9-5-4-8-18(19)22(30)29(24(26)31)13-12-28-14-16-32-17-15-28/h4-11H,12-17H2,1-3H3. The fraction of sp³-hybridized carbons (Fsp3) is 0.423. The highest BCUT2D eigenvalue weighted by atomic mass is 16.5. The lowest BCUT2D eigenvalue weighted by molar-refractivity contribution is -0.146. The topological polar surface area (TPSA) is 71.4 Å². The van der Waals surface area contributed by atoms with E-state index in [2.05, 4.69) is 4.90 Å². The molecule has 3 heterocycles. The predicted molar refractivity (Wildman–Crippen MR) is 125 cm³/mol. The molecule has 3 aliphatic rings. The first-order valence-corrected chi connectivity index (χ1v) is 11.5. The van der Waals surface area contributed by atoms with E-state index in [4.69, 9.17) is 14.5 Å². The molecule has 5 rings (SSSR count). The fourth-order valence-corrected chi connectivity index (χ4v) is 4.67. The number of hydrogen-bond acceptors (Lipinski definition) is 6. The molecule has 0 saturated carbocycles. The molecule has 0 aromatic heterocycles. The predicted octanol–water partition coefficient (Wildman–Crippen LogP) is 3.35. The molecule has 1 spiro atoms. The van der Waals surface area contributed by atoms with Gasteiger partial charge in [-0.15, -0.1) is 0 Å². The number of morpholine rings is 1. The molecular weight excluding hydrogens is 418 g/mol. The van der Waals surface area contributed by atoms with Gasteiger partial charge in [0.25, 0.3) is 11.8 Å². The van der Waals surface area contributed by atoms with Crippen molar-refractivity contribution in [1.82, 2.24) is 9.80 Å². The Morgan fingerprint density at radius 3 is 2.33 bits per heavy atom. The summed E-state index contributed by atoms with van der Waals surface area (Å²) in [4.78, 5) is 36.1. The zero-order chi connectivity index (χ0) is 23.2. The van der Waals surface area contributed by atoms with Crippen LogP contribution in [-0.4, -0.2) is 66.9 Å². The number of hydrogen-bond donors (Lipinski definition) is 0. The Balaban J connectivity index is 1.64. The van der Waals surface area contributed by atoms with Crippen molar-refractivity contribution in [2.24, 2.45) is 10.4 Å². The van der Waals surface area contributed by atoms with E-state index in [-0.39, 0.29) is 11.8 Å². The van der Waals surface area contributed by atoms with Crippen LogP contribution in [0, 0.1) is 5.41 Å². The number of benzene rings is 2. The average molecular weight is 448 g/mol. The molecule has 33 heavy (non-hydrogen) atoms. The molecule has 172 valence electrons. The van der Waals surface area contributed by atoms with E-state index in [0.29, 0.717) is 54.6 Å². The molecule has 7 nitrogen and oxygen atoms in total. The minimum absolute atomic E-state index is 0.282. The van der Waals surface area contributed by atoms with Crippen molar-refractivity contribution in [1.29, 1.82) is 0 Å². The highest BCUT2D eigenvalue weighted by Gasteiger charge is 2.57. The first-order chi connectivity index (χ1) is 15.8. The van der Waals surface area contributed by atoms with Gasteiger partial charge in [0.15, 0.2) is 5.90 Å². The van der Waals surface area contributed by atoms with Crippen LogP contribution in [0.2, 0.25) is 0 Å². The van der Waals surface area contributed by atoms with E-state index in [1.54, 1.807) is 6.07 Å². The number of amides is 2. The van der Waals surface area contributed by atoms with Crippen LogP contribution in [0.25, 0.3) is 0 Å². The molecule has 1 saturated heterocycles. The highest BCUT2D eigenvalue weighted by molar-refractivity contribution is 6.15. The molecule has 1 atom stereocenters. The Bertz CT molecular complexity index is 1130. The Hall–Kier alpha value is -3.03. The molecule has 0 radical (unpaired) electrons. The molecule has 1 unspecified atom stereocenters. The van der Waals surface area contributed by atoms with Crippen molar-refractivity contribution in [3.8, 4) is 0 Å². The second-order valence-electron chi connectivity index (χ2n) is 9.73. The van der Waals surface area contributed by atoms with Gasteiger partial charge in [-0.3, -0.25) is 19.4 Å². The first kappa shape index (κ1) is 21.8. The van der Waals surface area contributed by atoms with Gasteiger partial charge >= 0.3 is 0 Å². The zero-order valence-electron chi connectivity index (χ0n) is 19.3. The number of nitrogens with zero attached hydrogens (tertiary/aromatic N) is 3. The normalized spacial score (nSPS) is 23.1. The lowest BCUT2D eigenvalue weighted by Crippen LogP contribution is -2.59. The number of imide groups is 1. The van der Waals surface area contributed by atoms with E-state index in [9.17, 15) is 9.59 Å². The number of carbonyl (C=O) groups excluding carboxylic acids is 2. The number of rotatable bonds is 3. The molecule has 0 aliphatic carbocycles. The molecule has 3 aliphatic heterocycles.